The van der Waals surface area contributed by atoms with Gasteiger partial charge in [0.15, 0.2) is 5.71 Å². The van der Waals surface area contributed by atoms with Crippen LogP contribution >= 0.6 is 11.6 Å². The number of carboxylic acids is 1. The Morgan fingerprint density at radius 1 is 0.786 bits per heavy atom. The number of halogens is 1. The summed E-state index contributed by atoms with van der Waals surface area (Å²) in [6.07, 6.45) is 1.32. The molecule has 0 atom stereocenters. The predicted molar refractivity (Wildman–Crippen MR) is 113 cm³/mol. The third-order valence-electron chi connectivity index (χ3n) is 4.44. The number of nitrogens with zero attached hydrogens (tertiary/aromatic N) is 2. The van der Waals surface area contributed by atoms with Gasteiger partial charge in [-0.05, 0) is 22.8 Å². The van der Waals surface area contributed by atoms with Gasteiger partial charge in [-0.25, -0.2) is 4.79 Å². The number of carboxylic acid groups (broad SMARTS) is 1. The van der Waals surface area contributed by atoms with Crippen molar-refractivity contribution in [3.63, 3.8) is 0 Å². The van der Waals surface area contributed by atoms with Crippen LogP contribution in [0.15, 0.2) is 95.1 Å². The molecular formula is C23H15ClN2O2. The van der Waals surface area contributed by atoms with Crippen LogP contribution in [0, 0.1) is 0 Å². The van der Waals surface area contributed by atoms with E-state index in [0.717, 1.165) is 22.3 Å². The molecule has 4 rings (SSSR count). The molecule has 3 aromatic rings. The van der Waals surface area contributed by atoms with Crippen molar-refractivity contribution in [3.05, 3.63) is 102 Å². The second kappa shape index (κ2) is 7.62. The fourth-order valence-electron chi connectivity index (χ4n) is 3.14. The Hall–Kier alpha value is -3.50. The third-order valence-corrected chi connectivity index (χ3v) is 4.77. The van der Waals surface area contributed by atoms with E-state index in [9.17, 15) is 9.90 Å². The Bertz CT molecular complexity index is 1100. The van der Waals surface area contributed by atoms with Crippen LogP contribution in [0.2, 0.25) is 0 Å². The Kier molecular flexibility index (Phi) is 4.87. The molecule has 0 bridgehead atoms. The van der Waals surface area contributed by atoms with Crippen LogP contribution in [-0.4, -0.2) is 22.5 Å². The summed E-state index contributed by atoms with van der Waals surface area (Å²) in [5, 5.41) is 18.1. The van der Waals surface area contributed by atoms with Gasteiger partial charge in [0.1, 0.15) is 5.71 Å². The molecule has 0 amide bonds. The van der Waals surface area contributed by atoms with Gasteiger partial charge in [-0.1, -0.05) is 90.5 Å². The summed E-state index contributed by atoms with van der Waals surface area (Å²) in [4.78, 5) is 11.7. The summed E-state index contributed by atoms with van der Waals surface area (Å²) in [5.41, 5.74) is 5.09. The molecule has 0 heterocycles. The first-order valence-electron chi connectivity index (χ1n) is 8.66. The second-order valence-electron chi connectivity index (χ2n) is 6.19. The smallest absolute Gasteiger partial charge is 0.356 e. The van der Waals surface area contributed by atoms with Gasteiger partial charge in [-0.15, -0.1) is 10.2 Å². The summed E-state index contributed by atoms with van der Waals surface area (Å²) < 4.78 is 0. The molecule has 4 nitrogen and oxygen atoms in total. The van der Waals surface area contributed by atoms with Crippen LogP contribution < -0.4 is 0 Å². The molecule has 0 fully saturated rings. The van der Waals surface area contributed by atoms with Gasteiger partial charge in [0.2, 0.25) is 0 Å². The summed E-state index contributed by atoms with van der Waals surface area (Å²) in [6.45, 7) is 0. The molecule has 0 spiro atoms. The molecule has 5 heteroatoms. The number of hydrogen-bond donors (Lipinski definition) is 1. The monoisotopic (exact) mass is 386 g/mol. The molecule has 0 saturated heterocycles. The maximum Gasteiger partial charge on any atom is 0.356 e. The van der Waals surface area contributed by atoms with Crippen LogP contribution in [0.4, 0.5) is 0 Å². The fraction of sp³-hybridized carbons (Fsp3) is 0. The zero-order valence-corrected chi connectivity index (χ0v) is 15.5. The normalized spacial score (nSPS) is 13.1. The Labute approximate surface area is 167 Å². The number of carbonyl (C=O) groups is 1. The maximum absolute atomic E-state index is 11.7. The third kappa shape index (κ3) is 3.38. The minimum absolute atomic E-state index is 0.233. The van der Waals surface area contributed by atoms with Crippen molar-refractivity contribution >= 4 is 34.0 Å². The molecule has 1 aliphatic carbocycles. The van der Waals surface area contributed by atoms with Crippen molar-refractivity contribution in [2.24, 2.45) is 10.2 Å². The van der Waals surface area contributed by atoms with E-state index in [2.05, 4.69) is 10.2 Å². The molecule has 0 aliphatic heterocycles. The number of rotatable bonds is 4. The average molecular weight is 387 g/mol. The molecule has 1 N–H and O–H groups in total. The lowest BCUT2D eigenvalue weighted by atomic mass is 10.1. The van der Waals surface area contributed by atoms with Crippen molar-refractivity contribution in [3.8, 4) is 11.1 Å². The number of hydrogen-bond acceptors (Lipinski definition) is 3. The van der Waals surface area contributed by atoms with Gasteiger partial charge < -0.3 is 5.11 Å². The highest BCUT2D eigenvalue weighted by Crippen LogP contribution is 2.36. The highest BCUT2D eigenvalue weighted by molar-refractivity contribution is 6.54. The molecular weight excluding hydrogens is 372 g/mol. The van der Waals surface area contributed by atoms with E-state index in [-0.39, 0.29) is 10.7 Å². The van der Waals surface area contributed by atoms with E-state index < -0.39 is 5.97 Å². The quantitative estimate of drug-likeness (QED) is 0.386. The fourth-order valence-corrected chi connectivity index (χ4v) is 3.37. The van der Waals surface area contributed by atoms with Gasteiger partial charge in [-0.3, -0.25) is 0 Å². The Morgan fingerprint density at radius 3 is 1.82 bits per heavy atom. The molecule has 0 saturated carbocycles. The summed E-state index contributed by atoms with van der Waals surface area (Å²) >= 11 is 6.27. The van der Waals surface area contributed by atoms with Crippen molar-refractivity contribution in [2.75, 3.05) is 0 Å². The topological polar surface area (TPSA) is 62.0 Å². The van der Waals surface area contributed by atoms with E-state index in [1.807, 2.05) is 66.7 Å². The molecule has 1 aliphatic rings. The largest absolute Gasteiger partial charge is 0.476 e. The van der Waals surface area contributed by atoms with E-state index in [1.165, 1.54) is 6.08 Å². The zero-order valence-electron chi connectivity index (χ0n) is 14.7. The average Bonchev–Trinajstić information content (AvgIpc) is 3.05. The molecule has 0 radical (unpaired) electrons. The van der Waals surface area contributed by atoms with Crippen molar-refractivity contribution in [1.82, 2.24) is 0 Å². The lowest BCUT2D eigenvalue weighted by Crippen LogP contribution is -2.10. The highest BCUT2D eigenvalue weighted by atomic mass is 35.5. The zero-order chi connectivity index (χ0) is 19.5. The first kappa shape index (κ1) is 17.9. The van der Waals surface area contributed by atoms with E-state index in [4.69, 9.17) is 11.6 Å². The Morgan fingerprint density at radius 2 is 1.29 bits per heavy atom. The second-order valence-corrected chi connectivity index (χ2v) is 6.60. The highest BCUT2D eigenvalue weighted by Gasteiger charge is 2.24. The molecule has 0 unspecified atom stereocenters. The van der Waals surface area contributed by atoms with E-state index >= 15 is 0 Å². The van der Waals surface area contributed by atoms with E-state index in [1.54, 1.807) is 12.1 Å². The molecule has 0 aromatic heterocycles. The van der Waals surface area contributed by atoms with Gasteiger partial charge in [0.05, 0.1) is 5.03 Å². The summed E-state index contributed by atoms with van der Waals surface area (Å²) in [5.74, 6) is -1.20. The Balaban J connectivity index is 1.79. The number of aliphatic carboxylic acids is 1. The van der Waals surface area contributed by atoms with Crippen molar-refractivity contribution in [2.45, 2.75) is 0 Å². The van der Waals surface area contributed by atoms with Crippen molar-refractivity contribution in [1.29, 1.82) is 0 Å². The van der Waals surface area contributed by atoms with Crippen LogP contribution in [0.1, 0.15) is 16.7 Å². The lowest BCUT2D eigenvalue weighted by molar-refractivity contribution is -0.129. The summed E-state index contributed by atoms with van der Waals surface area (Å²) in [7, 11) is 0. The first-order valence-corrected chi connectivity index (χ1v) is 9.03. The summed E-state index contributed by atoms with van der Waals surface area (Å²) in [6, 6.07) is 24.8. The standard InChI is InChI=1S/C23H15ClN2O2/c24-20(15-8-2-1-3-9-15)14-21(23(27)28)25-26-22-18-12-6-4-10-16(18)17-11-5-7-13-19(17)22/h1-14H,(H,27,28). The predicted octanol–water partition coefficient (Wildman–Crippen LogP) is 5.22. The van der Waals surface area contributed by atoms with Gasteiger partial charge in [-0.2, -0.15) is 0 Å². The SMILES string of the molecule is O=C(O)C(C=C(Cl)c1ccccc1)=NN=C1c2ccccc2-c2ccccc21. The first-order chi connectivity index (χ1) is 13.6. The van der Waals surface area contributed by atoms with Crippen molar-refractivity contribution < 1.29 is 9.90 Å². The lowest BCUT2D eigenvalue weighted by Gasteiger charge is -2.01. The molecule has 28 heavy (non-hydrogen) atoms. The maximum atomic E-state index is 11.7. The minimum atomic E-state index is -1.20. The van der Waals surface area contributed by atoms with E-state index in [0.29, 0.717) is 11.3 Å². The number of benzene rings is 3. The molecule has 3 aromatic carbocycles. The number of fused-ring (bicyclic) bond motifs is 3. The molecule has 136 valence electrons. The van der Waals surface area contributed by atoms with Crippen LogP contribution in [0.5, 0.6) is 0 Å². The van der Waals surface area contributed by atoms with Gasteiger partial charge >= 0.3 is 5.97 Å². The van der Waals surface area contributed by atoms with Crippen LogP contribution in [0.25, 0.3) is 16.2 Å². The van der Waals surface area contributed by atoms with Gasteiger partial charge in [0.25, 0.3) is 0 Å². The van der Waals surface area contributed by atoms with Crippen LogP contribution in [-0.2, 0) is 4.79 Å². The minimum Gasteiger partial charge on any atom is -0.476 e. The van der Waals surface area contributed by atoms with Crippen LogP contribution in [0.3, 0.4) is 0 Å². The van der Waals surface area contributed by atoms with Gasteiger partial charge in [0, 0.05) is 11.1 Å².